The van der Waals surface area contributed by atoms with Crippen molar-refractivity contribution >= 4 is 21.4 Å². The second-order valence-corrected chi connectivity index (χ2v) is 9.13. The minimum atomic E-state index is -3.85. The first-order valence-corrected chi connectivity index (χ1v) is 11.0. The van der Waals surface area contributed by atoms with Crippen LogP contribution in [0.25, 0.3) is 0 Å². The Balaban J connectivity index is 1.58. The van der Waals surface area contributed by atoms with E-state index in [2.05, 4.69) is 22.3 Å². The Kier molecular flexibility index (Phi) is 6.74. The van der Waals surface area contributed by atoms with E-state index in [1.807, 2.05) is 18.2 Å². The summed E-state index contributed by atoms with van der Waals surface area (Å²) in [5.74, 6) is 0. The molecule has 0 radical (unpaired) electrons. The fraction of sp³-hybridized carbons (Fsp3) is 0.286. The van der Waals surface area contributed by atoms with Crippen molar-refractivity contribution in [3.8, 4) is 6.07 Å². The SMILES string of the molecule is N#C/C(=C/NC1CCN(Cc2ccccc2)CC1)S(=O)(=O)c1ccc(Cl)cc1. The van der Waals surface area contributed by atoms with Crippen molar-refractivity contribution in [2.75, 3.05) is 13.1 Å². The van der Waals surface area contributed by atoms with Gasteiger partial charge in [-0.2, -0.15) is 5.26 Å². The third kappa shape index (κ3) is 5.14. The molecule has 0 spiro atoms. The molecule has 0 aromatic heterocycles. The molecule has 0 atom stereocenters. The average molecular weight is 416 g/mol. The van der Waals surface area contributed by atoms with Crippen molar-refractivity contribution in [3.05, 3.63) is 76.3 Å². The third-order valence-electron chi connectivity index (χ3n) is 4.81. The van der Waals surface area contributed by atoms with Crippen LogP contribution in [0.15, 0.2) is 70.6 Å². The molecule has 1 saturated heterocycles. The van der Waals surface area contributed by atoms with Crippen LogP contribution in [0.5, 0.6) is 0 Å². The van der Waals surface area contributed by atoms with Gasteiger partial charge in [-0.05, 0) is 42.7 Å². The van der Waals surface area contributed by atoms with E-state index in [1.54, 1.807) is 6.07 Å². The summed E-state index contributed by atoms with van der Waals surface area (Å²) >= 11 is 5.81. The van der Waals surface area contributed by atoms with Gasteiger partial charge in [0.25, 0.3) is 0 Å². The van der Waals surface area contributed by atoms with Crippen molar-refractivity contribution in [2.24, 2.45) is 0 Å². The lowest BCUT2D eigenvalue weighted by molar-refractivity contribution is 0.197. The molecule has 5 nitrogen and oxygen atoms in total. The number of rotatable bonds is 6. The monoisotopic (exact) mass is 415 g/mol. The van der Waals surface area contributed by atoms with Crippen LogP contribution in [0.3, 0.4) is 0 Å². The molecule has 1 aliphatic rings. The van der Waals surface area contributed by atoms with E-state index in [-0.39, 0.29) is 15.8 Å². The lowest BCUT2D eigenvalue weighted by Crippen LogP contribution is -2.40. The molecule has 1 heterocycles. The maximum atomic E-state index is 12.6. The fourth-order valence-corrected chi connectivity index (χ4v) is 4.42. The number of nitrogens with zero attached hydrogens (tertiary/aromatic N) is 2. The number of sulfone groups is 1. The van der Waals surface area contributed by atoms with E-state index in [4.69, 9.17) is 11.6 Å². The van der Waals surface area contributed by atoms with Gasteiger partial charge in [-0.1, -0.05) is 41.9 Å². The zero-order valence-corrected chi connectivity index (χ0v) is 17.0. The quantitative estimate of drug-likeness (QED) is 0.727. The van der Waals surface area contributed by atoms with Gasteiger partial charge < -0.3 is 5.32 Å². The number of halogens is 1. The lowest BCUT2D eigenvalue weighted by atomic mass is 10.0. The van der Waals surface area contributed by atoms with Gasteiger partial charge in [0.15, 0.2) is 4.91 Å². The van der Waals surface area contributed by atoms with Crippen molar-refractivity contribution in [2.45, 2.75) is 30.3 Å². The molecule has 3 rings (SSSR count). The van der Waals surface area contributed by atoms with Crippen molar-refractivity contribution in [1.29, 1.82) is 5.26 Å². The largest absolute Gasteiger partial charge is 0.386 e. The molecule has 0 aliphatic carbocycles. The van der Waals surface area contributed by atoms with Crippen LogP contribution in [0.1, 0.15) is 18.4 Å². The number of nitrogens with one attached hydrogen (secondary N) is 1. The van der Waals surface area contributed by atoms with Crippen molar-refractivity contribution in [3.63, 3.8) is 0 Å². The molecular weight excluding hydrogens is 394 g/mol. The van der Waals surface area contributed by atoms with Crippen molar-refractivity contribution in [1.82, 2.24) is 10.2 Å². The minimum absolute atomic E-state index is 0.0594. The Bertz CT molecular complexity index is 959. The highest BCUT2D eigenvalue weighted by molar-refractivity contribution is 7.95. The second-order valence-electron chi connectivity index (χ2n) is 6.78. The van der Waals surface area contributed by atoms with Gasteiger partial charge in [-0.3, -0.25) is 4.90 Å². The summed E-state index contributed by atoms with van der Waals surface area (Å²) in [6.45, 7) is 2.76. The number of likely N-dealkylation sites (tertiary alicyclic amines) is 1. The van der Waals surface area contributed by atoms with Crippen LogP contribution in [-0.2, 0) is 16.4 Å². The first kappa shape index (κ1) is 20.4. The Morgan fingerprint density at radius 2 is 1.79 bits per heavy atom. The molecule has 2 aromatic rings. The summed E-state index contributed by atoms with van der Waals surface area (Å²) < 4.78 is 25.2. The predicted octanol–water partition coefficient (Wildman–Crippen LogP) is 3.73. The zero-order chi connectivity index (χ0) is 20.0. The van der Waals surface area contributed by atoms with E-state index >= 15 is 0 Å². The maximum absolute atomic E-state index is 12.6. The van der Waals surface area contributed by atoms with Crippen molar-refractivity contribution < 1.29 is 8.42 Å². The van der Waals surface area contributed by atoms with E-state index < -0.39 is 9.84 Å². The number of hydrogen-bond donors (Lipinski definition) is 1. The number of hydrogen-bond acceptors (Lipinski definition) is 5. The molecule has 1 aliphatic heterocycles. The Labute approximate surface area is 171 Å². The summed E-state index contributed by atoms with van der Waals surface area (Å²) in [5, 5.41) is 12.9. The van der Waals surface area contributed by atoms with E-state index in [0.717, 1.165) is 32.5 Å². The van der Waals surface area contributed by atoms with Crippen LogP contribution >= 0.6 is 11.6 Å². The maximum Gasteiger partial charge on any atom is 0.218 e. The van der Waals surface area contributed by atoms with E-state index in [0.29, 0.717) is 5.02 Å². The predicted molar refractivity (Wildman–Crippen MR) is 110 cm³/mol. The summed E-state index contributed by atoms with van der Waals surface area (Å²) in [6, 6.07) is 18.1. The Morgan fingerprint density at radius 3 is 2.39 bits per heavy atom. The van der Waals surface area contributed by atoms with Crippen LogP contribution < -0.4 is 5.32 Å². The molecular formula is C21H22ClN3O2S. The molecule has 1 N–H and O–H groups in total. The summed E-state index contributed by atoms with van der Waals surface area (Å²) in [7, 11) is -3.85. The fourth-order valence-electron chi connectivity index (χ4n) is 3.20. The first-order chi connectivity index (χ1) is 13.5. The second kappa shape index (κ2) is 9.24. The molecule has 2 aromatic carbocycles. The van der Waals surface area contributed by atoms with Gasteiger partial charge in [0.2, 0.25) is 9.84 Å². The Hall–Kier alpha value is -2.33. The number of allylic oxidation sites excluding steroid dienone is 1. The topological polar surface area (TPSA) is 73.2 Å². The summed E-state index contributed by atoms with van der Waals surface area (Å²) in [4.78, 5) is 2.15. The van der Waals surface area contributed by atoms with Crippen LogP contribution in [-0.4, -0.2) is 32.4 Å². The first-order valence-electron chi connectivity index (χ1n) is 9.12. The molecule has 0 amide bonds. The molecule has 28 heavy (non-hydrogen) atoms. The summed E-state index contributed by atoms with van der Waals surface area (Å²) in [6.07, 6.45) is 3.12. The standard InChI is InChI=1S/C21H22ClN3O2S/c22-18-6-8-20(9-7-18)28(26,27)21(14-23)15-24-19-10-12-25(13-11-19)16-17-4-2-1-3-5-17/h1-9,15,19,24H,10-13,16H2/b21-15-. The highest BCUT2D eigenvalue weighted by Gasteiger charge is 2.23. The van der Waals surface area contributed by atoms with Gasteiger partial charge >= 0.3 is 0 Å². The average Bonchev–Trinajstić information content (AvgIpc) is 2.70. The van der Waals surface area contributed by atoms with E-state index in [9.17, 15) is 13.7 Å². The molecule has 146 valence electrons. The number of nitriles is 1. The molecule has 0 saturated carbocycles. The van der Waals surface area contributed by atoms with Crippen LogP contribution in [0.2, 0.25) is 5.02 Å². The lowest BCUT2D eigenvalue weighted by Gasteiger charge is -2.32. The van der Waals surface area contributed by atoms with Crippen LogP contribution in [0.4, 0.5) is 0 Å². The summed E-state index contributed by atoms with van der Waals surface area (Å²) in [5.41, 5.74) is 1.29. The normalized spacial score (nSPS) is 16.5. The van der Waals surface area contributed by atoms with Gasteiger partial charge in [0.1, 0.15) is 6.07 Å². The zero-order valence-electron chi connectivity index (χ0n) is 15.4. The third-order valence-corrected chi connectivity index (χ3v) is 6.74. The molecule has 7 heteroatoms. The number of piperidine rings is 1. The minimum Gasteiger partial charge on any atom is -0.386 e. The van der Waals surface area contributed by atoms with Crippen LogP contribution in [0, 0.1) is 11.3 Å². The van der Waals surface area contributed by atoms with Gasteiger partial charge in [0, 0.05) is 36.9 Å². The molecule has 0 bridgehead atoms. The number of benzene rings is 2. The smallest absolute Gasteiger partial charge is 0.218 e. The van der Waals surface area contributed by atoms with Gasteiger partial charge in [-0.25, -0.2) is 8.42 Å². The highest BCUT2D eigenvalue weighted by Crippen LogP contribution is 2.21. The molecule has 1 fully saturated rings. The highest BCUT2D eigenvalue weighted by atomic mass is 35.5. The van der Waals surface area contributed by atoms with Gasteiger partial charge in [0.05, 0.1) is 4.90 Å². The Morgan fingerprint density at radius 1 is 1.14 bits per heavy atom. The van der Waals surface area contributed by atoms with Gasteiger partial charge in [-0.15, -0.1) is 0 Å². The molecule has 0 unspecified atom stereocenters. The van der Waals surface area contributed by atoms with E-state index in [1.165, 1.54) is 36.0 Å².